The Kier molecular flexibility index (Phi) is 6.38. The predicted molar refractivity (Wildman–Crippen MR) is 159 cm³/mol. The van der Waals surface area contributed by atoms with Crippen LogP contribution >= 0.6 is 11.6 Å². The van der Waals surface area contributed by atoms with Crippen LogP contribution in [0.3, 0.4) is 0 Å². The van der Waals surface area contributed by atoms with Crippen molar-refractivity contribution in [2.24, 2.45) is 13.0 Å². The van der Waals surface area contributed by atoms with Crippen LogP contribution in [0.1, 0.15) is 6.42 Å². The standard InChI is InChI=1S/C30H26ClFN8O2/c1-3-28(41)40-13-17-8-18(40)14-39(12-17)27-7-5-22-29(37-27)30(34-15-33-22)36-23-10-20(31)26(11-21(23)32)42-19-4-6-25-24(9-19)35-16-38(25)2/h3-7,9-11,15-18H,1,8,12-14H2,2H3,(H,33,34,36)/t17-,18+/m1/s1. The summed E-state index contributed by atoms with van der Waals surface area (Å²) >= 11 is 6.52. The third-order valence-electron chi connectivity index (χ3n) is 7.86. The monoisotopic (exact) mass is 584 g/mol. The number of likely N-dealkylation sites (tertiary alicyclic amines) is 1. The lowest BCUT2D eigenvalue weighted by Gasteiger charge is -2.33. The highest BCUT2D eigenvalue weighted by atomic mass is 35.5. The van der Waals surface area contributed by atoms with Crippen LogP contribution in [-0.2, 0) is 11.8 Å². The first-order chi connectivity index (χ1) is 20.4. The van der Waals surface area contributed by atoms with Crippen LogP contribution in [0, 0.1) is 11.7 Å². The zero-order chi connectivity index (χ0) is 29.0. The molecule has 42 heavy (non-hydrogen) atoms. The number of ether oxygens (including phenoxy) is 1. The van der Waals surface area contributed by atoms with Crippen molar-refractivity contribution in [2.45, 2.75) is 12.5 Å². The summed E-state index contributed by atoms with van der Waals surface area (Å²) in [5, 5.41) is 3.26. The Balaban J connectivity index is 1.14. The van der Waals surface area contributed by atoms with Crippen molar-refractivity contribution < 1.29 is 13.9 Å². The molecule has 0 radical (unpaired) electrons. The molecule has 2 fully saturated rings. The number of aromatic nitrogens is 5. The minimum atomic E-state index is -0.573. The summed E-state index contributed by atoms with van der Waals surface area (Å²) in [6.07, 6.45) is 5.46. The molecule has 2 aromatic carbocycles. The Hall–Kier alpha value is -4.77. The number of piperidine rings is 1. The molecule has 0 spiro atoms. The Morgan fingerprint density at radius 2 is 2.00 bits per heavy atom. The fourth-order valence-corrected chi connectivity index (χ4v) is 6.07. The first-order valence-electron chi connectivity index (χ1n) is 13.5. The average molecular weight is 585 g/mol. The van der Waals surface area contributed by atoms with E-state index in [1.807, 2.05) is 34.7 Å². The van der Waals surface area contributed by atoms with Gasteiger partial charge in [-0.25, -0.2) is 24.3 Å². The largest absolute Gasteiger partial charge is 0.456 e. The molecule has 7 rings (SSSR count). The summed E-state index contributed by atoms with van der Waals surface area (Å²) in [5.74, 6) is 1.50. The first-order valence-corrected chi connectivity index (χ1v) is 13.9. The minimum Gasteiger partial charge on any atom is -0.456 e. The Labute approximate surface area is 245 Å². The Morgan fingerprint density at radius 1 is 1.12 bits per heavy atom. The Bertz CT molecular complexity index is 1880. The van der Waals surface area contributed by atoms with Crippen molar-refractivity contribution in [2.75, 3.05) is 29.9 Å². The molecule has 5 heterocycles. The van der Waals surface area contributed by atoms with Gasteiger partial charge in [-0.2, -0.15) is 0 Å². The summed E-state index contributed by atoms with van der Waals surface area (Å²) in [6, 6.07) is 12.0. The van der Waals surface area contributed by atoms with Crippen LogP contribution in [0.25, 0.3) is 22.1 Å². The number of imidazole rings is 1. The molecule has 2 atom stereocenters. The summed E-state index contributed by atoms with van der Waals surface area (Å²) in [6.45, 7) is 5.81. The molecule has 12 heteroatoms. The van der Waals surface area contributed by atoms with Crippen LogP contribution < -0.4 is 15.0 Å². The van der Waals surface area contributed by atoms with E-state index in [4.69, 9.17) is 21.3 Å². The van der Waals surface area contributed by atoms with Crippen molar-refractivity contribution in [1.29, 1.82) is 0 Å². The number of rotatable bonds is 6. The number of hydrogen-bond donors (Lipinski definition) is 1. The van der Waals surface area contributed by atoms with Crippen molar-refractivity contribution in [3.63, 3.8) is 0 Å². The number of halogens is 2. The molecule has 2 aliphatic heterocycles. The fourth-order valence-electron chi connectivity index (χ4n) is 5.87. The highest BCUT2D eigenvalue weighted by molar-refractivity contribution is 6.32. The molecule has 1 N–H and O–H groups in total. The number of nitrogens with zero attached hydrogens (tertiary/aromatic N) is 7. The van der Waals surface area contributed by atoms with Gasteiger partial charge in [0.15, 0.2) is 5.82 Å². The normalized spacial score (nSPS) is 18.1. The van der Waals surface area contributed by atoms with Gasteiger partial charge in [0.25, 0.3) is 0 Å². The van der Waals surface area contributed by atoms with Gasteiger partial charge < -0.3 is 24.4 Å². The third kappa shape index (κ3) is 4.65. The fraction of sp³-hybridized carbons (Fsp3) is 0.233. The number of amides is 1. The second-order valence-electron chi connectivity index (χ2n) is 10.6. The number of hydrogen-bond acceptors (Lipinski definition) is 8. The summed E-state index contributed by atoms with van der Waals surface area (Å²) in [7, 11) is 1.91. The maximum absolute atomic E-state index is 15.3. The van der Waals surface area contributed by atoms with E-state index in [1.54, 1.807) is 18.5 Å². The third-order valence-corrected chi connectivity index (χ3v) is 8.15. The lowest BCUT2D eigenvalue weighted by molar-refractivity contribution is -0.126. The van der Waals surface area contributed by atoms with E-state index in [-0.39, 0.29) is 28.4 Å². The van der Waals surface area contributed by atoms with E-state index in [2.05, 4.69) is 31.7 Å². The van der Waals surface area contributed by atoms with Crippen molar-refractivity contribution in [3.8, 4) is 11.5 Å². The maximum Gasteiger partial charge on any atom is 0.246 e. The highest BCUT2D eigenvalue weighted by Gasteiger charge is 2.40. The molecular formula is C30H26ClFN8O2. The molecule has 0 saturated carbocycles. The number of nitrogens with one attached hydrogen (secondary N) is 1. The molecular weight excluding hydrogens is 559 g/mol. The van der Waals surface area contributed by atoms with Gasteiger partial charge in [0.05, 0.1) is 33.6 Å². The van der Waals surface area contributed by atoms with Gasteiger partial charge >= 0.3 is 0 Å². The number of fused-ring (bicyclic) bond motifs is 4. The molecule has 212 valence electrons. The van der Waals surface area contributed by atoms with E-state index < -0.39 is 5.82 Å². The lowest BCUT2D eigenvalue weighted by atomic mass is 10.00. The lowest BCUT2D eigenvalue weighted by Crippen LogP contribution is -2.44. The van der Waals surface area contributed by atoms with Gasteiger partial charge in [-0.05, 0) is 48.7 Å². The number of aryl methyl sites for hydroxylation is 1. The van der Waals surface area contributed by atoms with Gasteiger partial charge in [-0.15, -0.1) is 0 Å². The number of pyridine rings is 1. The van der Waals surface area contributed by atoms with Crippen molar-refractivity contribution in [3.05, 3.63) is 78.6 Å². The minimum absolute atomic E-state index is 0.0397. The van der Waals surface area contributed by atoms with Crippen LogP contribution in [0.4, 0.5) is 21.7 Å². The molecule has 0 unspecified atom stereocenters. The van der Waals surface area contributed by atoms with E-state index in [0.717, 1.165) is 29.8 Å². The van der Waals surface area contributed by atoms with Crippen LogP contribution in [0.5, 0.6) is 11.5 Å². The number of carbonyl (C=O) groups excluding carboxylic acids is 1. The van der Waals surface area contributed by atoms with Gasteiger partial charge in [0, 0.05) is 44.9 Å². The number of carbonyl (C=O) groups is 1. The predicted octanol–water partition coefficient (Wildman–Crippen LogP) is 5.46. The quantitative estimate of drug-likeness (QED) is 0.263. The number of benzene rings is 2. The van der Waals surface area contributed by atoms with Gasteiger partial charge in [0.1, 0.15) is 35.0 Å². The van der Waals surface area contributed by atoms with Gasteiger partial charge in [-0.3, -0.25) is 4.79 Å². The van der Waals surface area contributed by atoms with Crippen LogP contribution in [0.2, 0.25) is 5.02 Å². The Morgan fingerprint density at radius 3 is 2.86 bits per heavy atom. The maximum atomic E-state index is 15.3. The van der Waals surface area contributed by atoms with E-state index in [1.165, 1.54) is 24.5 Å². The second kappa shape index (κ2) is 10.3. The molecule has 3 aromatic heterocycles. The molecule has 2 saturated heterocycles. The first kappa shape index (κ1) is 26.1. The number of anilines is 3. The molecule has 0 aliphatic carbocycles. The molecule has 2 bridgehead atoms. The topological polar surface area (TPSA) is 101 Å². The van der Waals surface area contributed by atoms with Gasteiger partial charge in [-0.1, -0.05) is 18.2 Å². The molecule has 1 amide bonds. The smallest absolute Gasteiger partial charge is 0.246 e. The van der Waals surface area contributed by atoms with Crippen LogP contribution in [0.15, 0.2) is 67.8 Å². The van der Waals surface area contributed by atoms with E-state index in [9.17, 15) is 4.79 Å². The zero-order valence-electron chi connectivity index (χ0n) is 22.7. The van der Waals surface area contributed by atoms with Gasteiger partial charge in [0.2, 0.25) is 5.91 Å². The van der Waals surface area contributed by atoms with E-state index in [0.29, 0.717) is 41.6 Å². The summed E-state index contributed by atoms with van der Waals surface area (Å²) in [5.41, 5.74) is 2.93. The van der Waals surface area contributed by atoms with Crippen LogP contribution in [-0.4, -0.2) is 61.0 Å². The highest BCUT2D eigenvalue weighted by Crippen LogP contribution is 2.37. The zero-order valence-corrected chi connectivity index (χ0v) is 23.4. The SMILES string of the molecule is C=CC(=O)N1C[C@@H]2C[C@H]1CN(c1ccc3ncnc(Nc4cc(Cl)c(Oc5ccc6c(c5)ncn6C)cc4F)c3n1)C2. The second-order valence-corrected chi connectivity index (χ2v) is 11.0. The molecule has 2 aliphatic rings. The average Bonchev–Trinajstić information content (AvgIpc) is 3.52. The van der Waals surface area contributed by atoms with E-state index >= 15 is 4.39 Å². The molecule has 5 aromatic rings. The summed E-state index contributed by atoms with van der Waals surface area (Å²) in [4.78, 5) is 34.3. The van der Waals surface area contributed by atoms with Crippen molar-refractivity contribution >= 4 is 56.9 Å². The van der Waals surface area contributed by atoms with Crippen molar-refractivity contribution in [1.82, 2.24) is 29.4 Å². The molecule has 10 nitrogen and oxygen atoms in total. The summed E-state index contributed by atoms with van der Waals surface area (Å²) < 4.78 is 23.1.